The van der Waals surface area contributed by atoms with Gasteiger partial charge in [-0.2, -0.15) is 0 Å². The number of hydrogen-bond acceptors (Lipinski definition) is 1. The minimum atomic E-state index is -0.383. The summed E-state index contributed by atoms with van der Waals surface area (Å²) in [6, 6.07) is 16.0. The van der Waals surface area contributed by atoms with Crippen LogP contribution in [-0.4, -0.2) is 5.24 Å². The molecule has 0 radical (unpaired) electrons. The second kappa shape index (κ2) is 8.75. The van der Waals surface area contributed by atoms with Crippen LogP contribution in [0.4, 0.5) is 0 Å². The highest BCUT2D eigenvalue weighted by Gasteiger charge is 2.11. The van der Waals surface area contributed by atoms with E-state index in [1.807, 2.05) is 42.5 Å². The molecule has 2 heteroatoms. The molecule has 0 heterocycles. The van der Waals surface area contributed by atoms with Gasteiger partial charge in [0.05, 0.1) is 0 Å². The Balaban J connectivity index is 2.12. The van der Waals surface area contributed by atoms with Crippen molar-refractivity contribution < 1.29 is 4.79 Å². The lowest BCUT2D eigenvalue weighted by Crippen LogP contribution is -1.97. The predicted molar refractivity (Wildman–Crippen MR) is 94.5 cm³/mol. The highest BCUT2D eigenvalue weighted by molar-refractivity contribution is 6.68. The maximum Gasteiger partial charge on any atom is 0.253 e. The molecule has 1 nitrogen and oxygen atoms in total. The van der Waals surface area contributed by atoms with Crippen LogP contribution in [0, 0.1) is 0 Å². The molecule has 0 atom stereocenters. The van der Waals surface area contributed by atoms with Crippen LogP contribution in [0.15, 0.2) is 48.5 Å². The molecule has 0 amide bonds. The molecule has 0 aliphatic rings. The molecule has 0 aromatic heterocycles. The van der Waals surface area contributed by atoms with Crippen molar-refractivity contribution in [1.82, 2.24) is 0 Å². The maximum atomic E-state index is 11.8. The number of unbranched alkanes of at least 4 members (excludes halogenated alkanes) is 4. The van der Waals surface area contributed by atoms with E-state index in [0.29, 0.717) is 5.56 Å². The minimum absolute atomic E-state index is 0.383. The van der Waals surface area contributed by atoms with Crippen molar-refractivity contribution >= 4 is 16.8 Å². The van der Waals surface area contributed by atoms with Crippen LogP contribution in [0.25, 0.3) is 11.1 Å². The monoisotopic (exact) mass is 314 g/mol. The largest absolute Gasteiger partial charge is 0.276 e. The van der Waals surface area contributed by atoms with Gasteiger partial charge in [-0.3, -0.25) is 4.79 Å². The number of carbonyl (C=O) groups is 1. The molecule has 0 fully saturated rings. The van der Waals surface area contributed by atoms with Crippen LogP contribution in [0.5, 0.6) is 0 Å². The number of hydrogen-bond donors (Lipinski definition) is 0. The van der Waals surface area contributed by atoms with Gasteiger partial charge >= 0.3 is 0 Å². The minimum Gasteiger partial charge on any atom is -0.276 e. The summed E-state index contributed by atoms with van der Waals surface area (Å²) in [6.45, 7) is 2.22. The normalized spacial score (nSPS) is 10.6. The standard InChI is InChI=1S/C20H23ClO/c1-2-3-4-5-7-10-16-13-14-18(19(15-16)20(21)22)17-11-8-6-9-12-17/h6,8-9,11-15H,2-5,7,10H2,1H3. The van der Waals surface area contributed by atoms with Gasteiger partial charge in [0.2, 0.25) is 0 Å². The Bertz CT molecular complexity index is 604. The SMILES string of the molecule is CCCCCCCc1ccc(-c2ccccc2)c(C(=O)Cl)c1. The van der Waals surface area contributed by atoms with E-state index in [-0.39, 0.29) is 5.24 Å². The zero-order valence-corrected chi connectivity index (χ0v) is 13.9. The van der Waals surface area contributed by atoms with Crippen molar-refractivity contribution in [2.24, 2.45) is 0 Å². The highest BCUT2D eigenvalue weighted by Crippen LogP contribution is 2.26. The van der Waals surface area contributed by atoms with Gasteiger partial charge in [-0.15, -0.1) is 0 Å². The molecule has 0 aliphatic carbocycles. The Morgan fingerprint density at radius 1 is 0.955 bits per heavy atom. The van der Waals surface area contributed by atoms with Crippen molar-refractivity contribution in [2.45, 2.75) is 45.4 Å². The third-order valence-corrected chi connectivity index (χ3v) is 4.15. The van der Waals surface area contributed by atoms with Crippen molar-refractivity contribution in [2.75, 3.05) is 0 Å². The molecule has 0 aliphatic heterocycles. The summed E-state index contributed by atoms with van der Waals surface area (Å²) in [5.74, 6) is 0. The summed E-state index contributed by atoms with van der Waals surface area (Å²) in [5, 5.41) is -0.383. The zero-order valence-electron chi connectivity index (χ0n) is 13.1. The fraction of sp³-hybridized carbons (Fsp3) is 0.350. The Kier molecular flexibility index (Phi) is 6.67. The van der Waals surface area contributed by atoms with E-state index in [1.165, 1.54) is 37.7 Å². The molecule has 2 rings (SSSR count). The number of carbonyl (C=O) groups excluding carboxylic acids is 1. The first-order valence-corrected chi connectivity index (χ1v) is 8.48. The van der Waals surface area contributed by atoms with Crippen LogP contribution in [0.1, 0.15) is 54.9 Å². The lowest BCUT2D eigenvalue weighted by Gasteiger charge is -2.09. The van der Waals surface area contributed by atoms with E-state index >= 15 is 0 Å². The second-order valence-corrected chi connectivity index (χ2v) is 6.03. The van der Waals surface area contributed by atoms with E-state index in [4.69, 9.17) is 11.6 Å². The van der Waals surface area contributed by atoms with Gasteiger partial charge in [-0.05, 0) is 47.2 Å². The summed E-state index contributed by atoms with van der Waals surface area (Å²) in [7, 11) is 0. The van der Waals surface area contributed by atoms with Gasteiger partial charge in [0.1, 0.15) is 0 Å². The summed E-state index contributed by atoms with van der Waals surface area (Å²) in [5.41, 5.74) is 3.75. The summed E-state index contributed by atoms with van der Waals surface area (Å²) < 4.78 is 0. The highest BCUT2D eigenvalue weighted by atomic mass is 35.5. The fourth-order valence-corrected chi connectivity index (χ4v) is 2.87. The Labute approximate surface area is 138 Å². The molecular formula is C20H23ClO. The van der Waals surface area contributed by atoms with Crippen molar-refractivity contribution in [3.05, 3.63) is 59.7 Å². The molecule has 116 valence electrons. The topological polar surface area (TPSA) is 17.1 Å². The predicted octanol–water partition coefficient (Wildman–Crippen LogP) is 6.25. The van der Waals surface area contributed by atoms with E-state index < -0.39 is 0 Å². The van der Waals surface area contributed by atoms with Crippen LogP contribution in [-0.2, 0) is 6.42 Å². The molecule has 0 saturated carbocycles. The molecule has 2 aromatic carbocycles. The number of halogens is 1. The molecular weight excluding hydrogens is 292 g/mol. The van der Waals surface area contributed by atoms with Crippen molar-refractivity contribution in [1.29, 1.82) is 0 Å². The number of aryl methyl sites for hydroxylation is 1. The number of rotatable bonds is 8. The molecule has 0 spiro atoms. The summed E-state index contributed by atoms with van der Waals surface area (Å²) in [4.78, 5) is 11.8. The molecule has 22 heavy (non-hydrogen) atoms. The van der Waals surface area contributed by atoms with E-state index in [9.17, 15) is 4.79 Å². The molecule has 0 bridgehead atoms. The Morgan fingerprint density at radius 2 is 1.68 bits per heavy atom. The van der Waals surface area contributed by atoms with E-state index in [1.54, 1.807) is 0 Å². The maximum absolute atomic E-state index is 11.8. The van der Waals surface area contributed by atoms with Gasteiger partial charge in [-0.25, -0.2) is 0 Å². The van der Waals surface area contributed by atoms with Gasteiger partial charge in [-0.1, -0.05) is 75.1 Å². The van der Waals surface area contributed by atoms with Crippen molar-refractivity contribution in [3.63, 3.8) is 0 Å². The average Bonchev–Trinajstić information content (AvgIpc) is 2.55. The van der Waals surface area contributed by atoms with Gasteiger partial charge in [0.25, 0.3) is 5.24 Å². The van der Waals surface area contributed by atoms with Crippen LogP contribution in [0.2, 0.25) is 0 Å². The van der Waals surface area contributed by atoms with Crippen LogP contribution in [0.3, 0.4) is 0 Å². The molecule has 0 N–H and O–H groups in total. The van der Waals surface area contributed by atoms with E-state index in [2.05, 4.69) is 13.0 Å². The molecule has 0 saturated heterocycles. The zero-order chi connectivity index (χ0) is 15.8. The van der Waals surface area contributed by atoms with Crippen LogP contribution >= 0.6 is 11.6 Å². The average molecular weight is 315 g/mol. The van der Waals surface area contributed by atoms with Crippen LogP contribution < -0.4 is 0 Å². The first-order chi connectivity index (χ1) is 10.7. The lowest BCUT2D eigenvalue weighted by atomic mass is 9.96. The summed E-state index contributed by atoms with van der Waals surface area (Å²) in [6.07, 6.45) is 7.28. The van der Waals surface area contributed by atoms with Crippen molar-refractivity contribution in [3.8, 4) is 11.1 Å². The Morgan fingerprint density at radius 3 is 2.36 bits per heavy atom. The first-order valence-electron chi connectivity index (χ1n) is 8.10. The fourth-order valence-electron chi connectivity index (χ4n) is 2.71. The van der Waals surface area contributed by atoms with Gasteiger partial charge in [0.15, 0.2) is 0 Å². The van der Waals surface area contributed by atoms with E-state index in [0.717, 1.165) is 17.5 Å². The molecule has 2 aromatic rings. The quantitative estimate of drug-likeness (QED) is 0.416. The smallest absolute Gasteiger partial charge is 0.253 e. The number of benzene rings is 2. The third-order valence-electron chi connectivity index (χ3n) is 3.95. The van der Waals surface area contributed by atoms with Gasteiger partial charge in [0, 0.05) is 5.56 Å². The Hall–Kier alpha value is -1.60. The summed E-state index contributed by atoms with van der Waals surface area (Å²) >= 11 is 5.79. The lowest BCUT2D eigenvalue weighted by molar-refractivity contribution is 0.108. The second-order valence-electron chi connectivity index (χ2n) is 5.68. The molecule has 0 unspecified atom stereocenters. The third kappa shape index (κ3) is 4.71. The van der Waals surface area contributed by atoms with Gasteiger partial charge < -0.3 is 0 Å². The first kappa shape index (κ1) is 16.8.